The van der Waals surface area contributed by atoms with Gasteiger partial charge in [0.05, 0.1) is 14.2 Å². The van der Waals surface area contributed by atoms with Crippen LogP contribution in [0.1, 0.15) is 5.69 Å². The second-order valence-electron chi connectivity index (χ2n) is 4.04. The molecule has 0 amide bonds. The average Bonchev–Trinajstić information content (AvgIpc) is 2.43. The van der Waals surface area contributed by atoms with Gasteiger partial charge in [-0.2, -0.15) is 0 Å². The van der Waals surface area contributed by atoms with Crippen LogP contribution in [0.5, 0.6) is 11.5 Å². The molecule has 0 fully saturated rings. The van der Waals surface area contributed by atoms with Gasteiger partial charge in [0.25, 0.3) is 0 Å². The zero-order chi connectivity index (χ0) is 13.0. The van der Waals surface area contributed by atoms with E-state index in [1.807, 2.05) is 31.4 Å². The van der Waals surface area contributed by atoms with Crippen LogP contribution in [0.15, 0.2) is 24.4 Å². The number of benzene rings is 1. The molecule has 1 aromatic heterocycles. The van der Waals surface area contributed by atoms with E-state index in [0.29, 0.717) is 0 Å². The lowest BCUT2D eigenvalue weighted by atomic mass is 10.1. The number of hydrogen-bond donors (Lipinski definition) is 1. The van der Waals surface area contributed by atoms with E-state index in [1.54, 1.807) is 14.2 Å². The molecule has 2 rings (SSSR count). The Bertz CT molecular complexity index is 541. The van der Waals surface area contributed by atoms with E-state index in [1.165, 1.54) is 0 Å². The van der Waals surface area contributed by atoms with Crippen LogP contribution in [0.3, 0.4) is 0 Å². The van der Waals surface area contributed by atoms with Gasteiger partial charge in [0.1, 0.15) is 0 Å². The van der Waals surface area contributed by atoms with Crippen molar-refractivity contribution in [3.63, 3.8) is 0 Å². The summed E-state index contributed by atoms with van der Waals surface area (Å²) in [5.74, 6) is 1.49. The van der Waals surface area contributed by atoms with Crippen LogP contribution >= 0.6 is 0 Å². The summed E-state index contributed by atoms with van der Waals surface area (Å²) in [6, 6.07) is 5.96. The molecule has 0 atom stereocenters. The normalized spacial score (nSPS) is 10.6. The van der Waals surface area contributed by atoms with Crippen LogP contribution in [0.25, 0.3) is 10.8 Å². The van der Waals surface area contributed by atoms with Gasteiger partial charge in [0.15, 0.2) is 11.5 Å². The minimum atomic E-state index is 0.740. The van der Waals surface area contributed by atoms with E-state index in [4.69, 9.17) is 9.47 Å². The minimum absolute atomic E-state index is 0.740. The van der Waals surface area contributed by atoms with Gasteiger partial charge in [-0.1, -0.05) is 0 Å². The van der Waals surface area contributed by atoms with Crippen LogP contribution in [-0.4, -0.2) is 32.8 Å². The van der Waals surface area contributed by atoms with E-state index in [2.05, 4.69) is 10.3 Å². The molecule has 0 aliphatic carbocycles. The Morgan fingerprint density at radius 1 is 1.17 bits per heavy atom. The van der Waals surface area contributed by atoms with Gasteiger partial charge in [-0.3, -0.25) is 4.98 Å². The first kappa shape index (κ1) is 12.6. The van der Waals surface area contributed by atoms with Crippen molar-refractivity contribution in [2.45, 2.75) is 6.42 Å². The molecule has 2 aromatic rings. The van der Waals surface area contributed by atoms with Gasteiger partial charge < -0.3 is 14.8 Å². The first-order valence-corrected chi connectivity index (χ1v) is 5.94. The van der Waals surface area contributed by atoms with Crippen molar-refractivity contribution in [3.05, 3.63) is 30.1 Å². The van der Waals surface area contributed by atoms with Crippen molar-refractivity contribution in [3.8, 4) is 11.5 Å². The van der Waals surface area contributed by atoms with Gasteiger partial charge >= 0.3 is 0 Å². The molecular formula is C14H18N2O2. The highest BCUT2D eigenvalue weighted by Gasteiger charge is 2.09. The summed E-state index contributed by atoms with van der Waals surface area (Å²) in [6.45, 7) is 0.903. The molecule has 0 aliphatic heterocycles. The van der Waals surface area contributed by atoms with E-state index in [-0.39, 0.29) is 0 Å². The maximum absolute atomic E-state index is 5.34. The highest BCUT2D eigenvalue weighted by Crippen LogP contribution is 2.32. The second-order valence-corrected chi connectivity index (χ2v) is 4.04. The Balaban J connectivity index is 2.54. The quantitative estimate of drug-likeness (QED) is 0.876. The SMILES string of the molecule is CNCCc1nccc2cc(OC)c(OC)cc12. The maximum atomic E-state index is 5.34. The third-order valence-corrected chi connectivity index (χ3v) is 2.96. The molecule has 4 heteroatoms. The van der Waals surface area contributed by atoms with Crippen LogP contribution < -0.4 is 14.8 Å². The molecule has 4 nitrogen and oxygen atoms in total. The fourth-order valence-electron chi connectivity index (χ4n) is 2.00. The molecule has 0 radical (unpaired) electrons. The summed E-state index contributed by atoms with van der Waals surface area (Å²) in [5.41, 5.74) is 1.07. The first-order valence-electron chi connectivity index (χ1n) is 5.94. The summed E-state index contributed by atoms with van der Waals surface area (Å²) in [5, 5.41) is 5.37. The van der Waals surface area contributed by atoms with Crippen molar-refractivity contribution < 1.29 is 9.47 Å². The van der Waals surface area contributed by atoms with Crippen molar-refractivity contribution in [1.82, 2.24) is 10.3 Å². The van der Waals surface area contributed by atoms with Crippen molar-refractivity contribution >= 4 is 10.8 Å². The number of pyridine rings is 1. The third kappa shape index (κ3) is 2.38. The number of ether oxygens (including phenoxy) is 2. The van der Waals surface area contributed by atoms with Crippen LogP contribution in [0.2, 0.25) is 0 Å². The summed E-state index contributed by atoms with van der Waals surface area (Å²) in [7, 11) is 5.23. The number of likely N-dealkylation sites (N-methyl/N-ethyl adjacent to an activating group) is 1. The highest BCUT2D eigenvalue weighted by molar-refractivity contribution is 5.87. The van der Waals surface area contributed by atoms with E-state index < -0.39 is 0 Å². The van der Waals surface area contributed by atoms with E-state index >= 15 is 0 Å². The first-order chi connectivity index (χ1) is 8.80. The Hall–Kier alpha value is -1.81. The molecule has 18 heavy (non-hydrogen) atoms. The van der Waals surface area contributed by atoms with Crippen LogP contribution in [0.4, 0.5) is 0 Å². The van der Waals surface area contributed by atoms with E-state index in [0.717, 1.165) is 40.9 Å². The lowest BCUT2D eigenvalue weighted by molar-refractivity contribution is 0.356. The summed E-state index contributed by atoms with van der Waals surface area (Å²) < 4.78 is 10.6. The Labute approximate surface area is 107 Å². The maximum Gasteiger partial charge on any atom is 0.161 e. The number of nitrogens with one attached hydrogen (secondary N) is 1. The molecule has 0 unspecified atom stereocenters. The summed E-state index contributed by atoms with van der Waals surface area (Å²) >= 11 is 0. The fourth-order valence-corrected chi connectivity index (χ4v) is 2.00. The summed E-state index contributed by atoms with van der Waals surface area (Å²) in [4.78, 5) is 4.44. The highest BCUT2D eigenvalue weighted by atomic mass is 16.5. The number of fused-ring (bicyclic) bond motifs is 1. The molecule has 1 heterocycles. The van der Waals surface area contributed by atoms with Gasteiger partial charge in [0, 0.05) is 30.2 Å². The predicted molar refractivity (Wildman–Crippen MR) is 72.5 cm³/mol. The molecule has 1 N–H and O–H groups in total. The molecule has 0 saturated heterocycles. The zero-order valence-electron chi connectivity index (χ0n) is 11.0. The predicted octanol–water partition coefficient (Wildman–Crippen LogP) is 2.01. The lowest BCUT2D eigenvalue weighted by Crippen LogP contribution is -2.11. The Kier molecular flexibility index (Phi) is 3.99. The van der Waals surface area contributed by atoms with Crippen LogP contribution in [-0.2, 0) is 6.42 Å². The molecule has 0 aliphatic rings. The molecule has 0 saturated carbocycles. The fraction of sp³-hybridized carbons (Fsp3) is 0.357. The number of aromatic nitrogens is 1. The number of nitrogens with zero attached hydrogens (tertiary/aromatic N) is 1. The van der Waals surface area contributed by atoms with Crippen LogP contribution in [0, 0.1) is 0 Å². The van der Waals surface area contributed by atoms with E-state index in [9.17, 15) is 0 Å². The minimum Gasteiger partial charge on any atom is -0.493 e. The van der Waals surface area contributed by atoms with Crippen molar-refractivity contribution in [2.75, 3.05) is 27.8 Å². The summed E-state index contributed by atoms with van der Waals surface area (Å²) in [6.07, 6.45) is 2.72. The standard InChI is InChI=1S/C14H18N2O2/c1-15-6-5-12-11-9-14(18-3)13(17-2)8-10(11)4-7-16-12/h4,7-9,15H,5-6H2,1-3H3. The smallest absolute Gasteiger partial charge is 0.161 e. The molecule has 0 spiro atoms. The van der Waals surface area contributed by atoms with Gasteiger partial charge in [-0.15, -0.1) is 0 Å². The number of hydrogen-bond acceptors (Lipinski definition) is 4. The molecular weight excluding hydrogens is 228 g/mol. The lowest BCUT2D eigenvalue weighted by Gasteiger charge is -2.11. The number of rotatable bonds is 5. The largest absolute Gasteiger partial charge is 0.493 e. The third-order valence-electron chi connectivity index (χ3n) is 2.96. The molecule has 96 valence electrons. The molecule has 1 aromatic carbocycles. The average molecular weight is 246 g/mol. The van der Waals surface area contributed by atoms with Crippen molar-refractivity contribution in [1.29, 1.82) is 0 Å². The second kappa shape index (κ2) is 5.69. The van der Waals surface area contributed by atoms with Gasteiger partial charge in [-0.25, -0.2) is 0 Å². The zero-order valence-corrected chi connectivity index (χ0v) is 11.0. The Morgan fingerprint density at radius 3 is 2.56 bits per heavy atom. The molecule has 0 bridgehead atoms. The van der Waals surface area contributed by atoms with Gasteiger partial charge in [0.2, 0.25) is 0 Å². The van der Waals surface area contributed by atoms with Crippen molar-refractivity contribution in [2.24, 2.45) is 0 Å². The number of methoxy groups -OCH3 is 2. The Morgan fingerprint density at radius 2 is 1.89 bits per heavy atom. The monoisotopic (exact) mass is 246 g/mol. The van der Waals surface area contributed by atoms with Gasteiger partial charge in [-0.05, 0) is 30.6 Å². The topological polar surface area (TPSA) is 43.4 Å².